The van der Waals surface area contributed by atoms with E-state index < -0.39 is 16.3 Å². The van der Waals surface area contributed by atoms with Crippen LogP contribution >= 0.6 is 0 Å². The van der Waals surface area contributed by atoms with E-state index in [4.69, 9.17) is 23.5 Å². The average Bonchev–Trinajstić information content (AvgIpc) is 2.98. The van der Waals surface area contributed by atoms with E-state index >= 15 is 0 Å². The number of hydrogen-bond acceptors (Lipinski definition) is 7. The van der Waals surface area contributed by atoms with Crippen molar-refractivity contribution in [3.63, 3.8) is 0 Å². The van der Waals surface area contributed by atoms with Crippen molar-refractivity contribution in [1.82, 2.24) is 10.2 Å². The van der Waals surface area contributed by atoms with Gasteiger partial charge in [-0.3, -0.25) is 15.2 Å². The summed E-state index contributed by atoms with van der Waals surface area (Å²) in [5, 5.41) is 34.9. The number of phenols is 2. The number of halogens is 1. The molecule has 10 nitrogen and oxygen atoms in total. The average molecular weight is 496 g/mol. The van der Waals surface area contributed by atoms with E-state index in [1.807, 2.05) is 0 Å². The Balaban J connectivity index is -0.000000340. The van der Waals surface area contributed by atoms with Gasteiger partial charge in [0, 0.05) is 17.5 Å². The summed E-state index contributed by atoms with van der Waals surface area (Å²) in [7, 11) is 0. The molecule has 3 aromatic rings. The Morgan fingerprint density at radius 1 is 1.07 bits per heavy atom. The summed E-state index contributed by atoms with van der Waals surface area (Å²) in [5.41, 5.74) is 0.893. The summed E-state index contributed by atoms with van der Waals surface area (Å²) < 4.78 is 24.1. The third kappa shape index (κ3) is 13.8. The molecule has 1 atom stereocenters. The minimum absolute atomic E-state index is 0. The Bertz CT molecular complexity index is 813. The Kier molecular flexibility index (Phi) is 20.0. The number of H-pyrrole nitrogens is 1. The summed E-state index contributed by atoms with van der Waals surface area (Å²) in [4.78, 5) is 9.92. The van der Waals surface area contributed by atoms with Crippen LogP contribution in [-0.4, -0.2) is 38.6 Å². The van der Waals surface area contributed by atoms with Crippen molar-refractivity contribution in [2.75, 3.05) is 0 Å². The number of nitro benzene ring substituents is 1. The second kappa shape index (κ2) is 17.0. The number of phenolic OH excluding ortho intramolecular Hbond substituents is 2. The maximum absolute atomic E-state index is 10.3. The molecule has 1 aromatic heterocycles. The van der Waals surface area contributed by atoms with Crippen LogP contribution in [0, 0.1) is 10.1 Å². The first-order chi connectivity index (χ1) is 11.3. The maximum atomic E-state index is 10.3. The first-order valence-corrected chi connectivity index (χ1v) is 7.16. The van der Waals surface area contributed by atoms with Crippen molar-refractivity contribution in [3.8, 4) is 11.5 Å². The molecule has 1 heterocycles. The number of fused-ring (bicyclic) bond motifs is 1. The normalized spacial score (nSPS) is 9.56. The third-order valence-electron chi connectivity index (χ3n) is 2.48. The SMILES string of the molecule is O=S([O-])O.O=[N+]([O-])c1ccc2[nH]ncc2c1.Oc1ccc(O)cc1.[Br-].[K+].[Na+]. The van der Waals surface area contributed by atoms with Crippen LogP contribution in [0.4, 0.5) is 5.69 Å². The summed E-state index contributed by atoms with van der Waals surface area (Å²) in [5.74, 6) is 0.339. The molecule has 3 rings (SSSR count). The van der Waals surface area contributed by atoms with Gasteiger partial charge in [0.1, 0.15) is 11.5 Å². The summed E-state index contributed by atoms with van der Waals surface area (Å²) >= 11 is -2.86. The summed E-state index contributed by atoms with van der Waals surface area (Å²) in [6.07, 6.45) is 1.56. The molecular formula is C13H12BrKN3NaO7S. The van der Waals surface area contributed by atoms with Crippen molar-refractivity contribution in [2.24, 2.45) is 0 Å². The van der Waals surface area contributed by atoms with Gasteiger partial charge >= 0.3 is 80.9 Å². The molecule has 0 saturated heterocycles. The molecule has 0 aliphatic rings. The van der Waals surface area contributed by atoms with E-state index in [1.165, 1.54) is 36.4 Å². The fourth-order valence-corrected chi connectivity index (χ4v) is 1.50. The van der Waals surface area contributed by atoms with E-state index in [-0.39, 0.29) is 115 Å². The van der Waals surface area contributed by atoms with Gasteiger partial charge in [-0.25, -0.2) is 4.21 Å². The van der Waals surface area contributed by atoms with Gasteiger partial charge in [-0.15, -0.1) is 0 Å². The molecule has 0 spiro atoms. The molecule has 14 heteroatoms. The number of nitrogens with one attached hydrogen (secondary N) is 1. The van der Waals surface area contributed by atoms with Gasteiger partial charge < -0.3 is 36.3 Å². The van der Waals surface area contributed by atoms with Gasteiger partial charge in [-0.2, -0.15) is 5.10 Å². The molecule has 136 valence electrons. The van der Waals surface area contributed by atoms with E-state index in [0.29, 0.717) is 0 Å². The smallest absolute Gasteiger partial charge is 1.00 e. The number of rotatable bonds is 1. The number of hydrogen-bond donors (Lipinski definition) is 4. The fourth-order valence-electron chi connectivity index (χ4n) is 1.50. The minimum Gasteiger partial charge on any atom is -1.00 e. The number of aromatic hydroxyl groups is 2. The van der Waals surface area contributed by atoms with Gasteiger partial charge in [-0.05, 0) is 30.3 Å². The van der Waals surface area contributed by atoms with Crippen LogP contribution in [0.15, 0.2) is 48.7 Å². The van der Waals surface area contributed by atoms with Gasteiger partial charge in [0.2, 0.25) is 0 Å². The molecule has 0 fully saturated rings. The topological polar surface area (TPSA) is 173 Å². The molecule has 2 aromatic carbocycles. The van der Waals surface area contributed by atoms with E-state index in [9.17, 15) is 10.1 Å². The Hall–Kier alpha value is 0.0964. The van der Waals surface area contributed by atoms with E-state index in [2.05, 4.69) is 10.2 Å². The number of nitrogens with zero attached hydrogens (tertiary/aromatic N) is 2. The molecule has 0 bridgehead atoms. The quantitative estimate of drug-likeness (QED) is 0.0846. The molecule has 4 N–H and O–H groups in total. The van der Waals surface area contributed by atoms with Gasteiger partial charge in [0.15, 0.2) is 0 Å². The van der Waals surface area contributed by atoms with Gasteiger partial charge in [0.25, 0.3) is 5.69 Å². The first kappa shape index (κ1) is 31.8. The fraction of sp³-hybridized carbons (Fsp3) is 0. The molecular weight excluding hydrogens is 484 g/mol. The predicted octanol–water partition coefficient (Wildman–Crippen LogP) is -7.08. The Morgan fingerprint density at radius 3 is 1.93 bits per heavy atom. The number of benzene rings is 2. The van der Waals surface area contributed by atoms with Gasteiger partial charge in [-0.1, -0.05) is 0 Å². The molecule has 0 aliphatic heterocycles. The van der Waals surface area contributed by atoms with Crippen molar-refractivity contribution in [3.05, 3.63) is 58.8 Å². The van der Waals surface area contributed by atoms with E-state index in [0.717, 1.165) is 10.9 Å². The molecule has 0 saturated carbocycles. The van der Waals surface area contributed by atoms with Crippen molar-refractivity contribution < 1.29 is 126 Å². The minimum atomic E-state index is -2.86. The summed E-state index contributed by atoms with van der Waals surface area (Å²) in [6.45, 7) is 0. The number of aromatic amines is 1. The monoisotopic (exact) mass is 495 g/mol. The van der Waals surface area contributed by atoms with Crippen molar-refractivity contribution in [2.45, 2.75) is 0 Å². The largest absolute Gasteiger partial charge is 1.00 e. The molecule has 1 unspecified atom stereocenters. The third-order valence-corrected chi connectivity index (χ3v) is 2.48. The van der Waals surface area contributed by atoms with Crippen LogP contribution in [0.1, 0.15) is 0 Å². The van der Waals surface area contributed by atoms with Crippen molar-refractivity contribution >= 4 is 28.0 Å². The number of nitro groups is 1. The number of non-ortho nitro benzene ring substituents is 1. The van der Waals surface area contributed by atoms with Crippen LogP contribution < -0.4 is 97.9 Å². The Morgan fingerprint density at radius 2 is 1.52 bits per heavy atom. The zero-order valence-electron chi connectivity index (χ0n) is 14.3. The zero-order valence-corrected chi connectivity index (χ0v) is 21.8. The molecule has 0 radical (unpaired) electrons. The molecule has 0 amide bonds. The predicted molar refractivity (Wildman–Crippen MR) is 84.1 cm³/mol. The van der Waals surface area contributed by atoms with Gasteiger partial charge in [0.05, 0.1) is 28.0 Å². The number of aromatic nitrogens is 2. The molecule has 27 heavy (non-hydrogen) atoms. The van der Waals surface area contributed by atoms with Crippen LogP contribution in [0.25, 0.3) is 10.9 Å². The van der Waals surface area contributed by atoms with Crippen LogP contribution in [-0.2, 0) is 11.4 Å². The van der Waals surface area contributed by atoms with E-state index in [1.54, 1.807) is 12.3 Å². The van der Waals surface area contributed by atoms with Crippen LogP contribution in [0.2, 0.25) is 0 Å². The van der Waals surface area contributed by atoms with Crippen LogP contribution in [0.3, 0.4) is 0 Å². The maximum Gasteiger partial charge on any atom is 1.00 e. The first-order valence-electron chi connectivity index (χ1n) is 6.13. The standard InChI is InChI=1S/C7H5N3O2.C6H6O2.BrH.K.Na.H2O3S/c11-10(12)6-1-2-7-5(3-6)4-8-9-7;7-5-1-2-6(8)4-3-5;;;;1-4(2)3/h1-4H,(H,8,9);1-4,7-8H;1H;;;(H2,1,2,3)/q;;;2*+1;/p-2. The summed E-state index contributed by atoms with van der Waals surface area (Å²) in [6, 6.07) is 10.3. The molecule has 0 aliphatic carbocycles. The second-order valence-electron chi connectivity index (χ2n) is 4.13. The zero-order chi connectivity index (χ0) is 18.1. The van der Waals surface area contributed by atoms with Crippen molar-refractivity contribution in [1.29, 1.82) is 0 Å². The Labute approximate surface area is 231 Å². The second-order valence-corrected chi connectivity index (χ2v) is 4.57. The van der Waals surface area contributed by atoms with Crippen LogP contribution in [0.5, 0.6) is 11.5 Å².